The first kappa shape index (κ1) is 14.8. The Morgan fingerprint density at radius 1 is 1.33 bits per heavy atom. The van der Waals surface area contributed by atoms with Crippen LogP contribution >= 0.6 is 0 Å². The third kappa shape index (κ3) is 3.06. The highest BCUT2D eigenvalue weighted by Crippen LogP contribution is 2.41. The normalized spacial score (nSPS) is 35.5. The lowest BCUT2D eigenvalue weighted by Crippen LogP contribution is -2.58. The van der Waals surface area contributed by atoms with Crippen LogP contribution in [0.4, 0.5) is 0 Å². The molecule has 2 atom stereocenters. The van der Waals surface area contributed by atoms with Gasteiger partial charge >= 0.3 is 0 Å². The molecule has 3 fully saturated rings. The van der Waals surface area contributed by atoms with Gasteiger partial charge in [0.05, 0.1) is 12.7 Å². The van der Waals surface area contributed by atoms with Crippen LogP contribution < -0.4 is 5.32 Å². The summed E-state index contributed by atoms with van der Waals surface area (Å²) < 4.78 is 5.77. The summed E-state index contributed by atoms with van der Waals surface area (Å²) in [6.45, 7) is 5.45. The number of rotatable bonds is 3. The summed E-state index contributed by atoms with van der Waals surface area (Å²) in [7, 11) is 2.07. The van der Waals surface area contributed by atoms with Crippen LogP contribution in [0.5, 0.6) is 0 Å². The Morgan fingerprint density at radius 3 is 2.76 bits per heavy atom. The van der Waals surface area contributed by atoms with Crippen molar-refractivity contribution in [3.63, 3.8) is 0 Å². The summed E-state index contributed by atoms with van der Waals surface area (Å²) in [5, 5.41) is 2.96. The van der Waals surface area contributed by atoms with Crippen LogP contribution in [0.2, 0.25) is 0 Å². The summed E-state index contributed by atoms with van der Waals surface area (Å²) in [6, 6.07) is 0. The summed E-state index contributed by atoms with van der Waals surface area (Å²) in [4.78, 5) is 28.9. The number of likely N-dealkylation sites (N-methyl/N-ethyl adjacent to an activating group) is 1. The van der Waals surface area contributed by atoms with Gasteiger partial charge in [0.15, 0.2) is 0 Å². The Hall–Kier alpha value is -1.14. The molecule has 1 aliphatic carbocycles. The molecule has 118 valence electrons. The molecule has 3 aliphatic rings. The van der Waals surface area contributed by atoms with Crippen molar-refractivity contribution < 1.29 is 14.3 Å². The van der Waals surface area contributed by atoms with Crippen LogP contribution in [0.25, 0.3) is 0 Å². The number of amides is 2. The SMILES string of the molecule is CN1CCOC(CN2CCC(=O)NC(C)(C3CC3)C2=O)C1. The van der Waals surface area contributed by atoms with Crippen molar-refractivity contribution in [1.29, 1.82) is 0 Å². The monoisotopic (exact) mass is 295 g/mol. The highest BCUT2D eigenvalue weighted by Gasteiger charge is 2.51. The molecule has 0 aromatic rings. The van der Waals surface area contributed by atoms with Gasteiger partial charge in [0, 0.05) is 32.6 Å². The van der Waals surface area contributed by atoms with E-state index in [1.165, 1.54) is 0 Å². The van der Waals surface area contributed by atoms with E-state index in [9.17, 15) is 9.59 Å². The van der Waals surface area contributed by atoms with Gasteiger partial charge in [0.25, 0.3) is 0 Å². The van der Waals surface area contributed by atoms with Crippen LogP contribution in [0.15, 0.2) is 0 Å². The lowest BCUT2D eigenvalue weighted by Gasteiger charge is -2.36. The Morgan fingerprint density at radius 2 is 2.10 bits per heavy atom. The number of ether oxygens (including phenoxy) is 1. The quantitative estimate of drug-likeness (QED) is 0.785. The van der Waals surface area contributed by atoms with Gasteiger partial charge in [-0.1, -0.05) is 0 Å². The van der Waals surface area contributed by atoms with Crippen LogP contribution in [-0.4, -0.2) is 73.1 Å². The van der Waals surface area contributed by atoms with Gasteiger partial charge in [-0.3, -0.25) is 9.59 Å². The number of hydrogen-bond acceptors (Lipinski definition) is 4. The van der Waals surface area contributed by atoms with Gasteiger partial charge < -0.3 is 19.9 Å². The number of carbonyl (C=O) groups excluding carboxylic acids is 2. The second kappa shape index (κ2) is 5.57. The minimum atomic E-state index is -0.714. The zero-order valence-electron chi connectivity index (χ0n) is 12.9. The van der Waals surface area contributed by atoms with E-state index in [-0.39, 0.29) is 17.9 Å². The number of nitrogens with one attached hydrogen (secondary N) is 1. The van der Waals surface area contributed by atoms with Crippen LogP contribution in [0, 0.1) is 5.92 Å². The Bertz CT molecular complexity index is 438. The molecule has 6 heteroatoms. The molecule has 0 spiro atoms. The van der Waals surface area contributed by atoms with E-state index in [0.29, 0.717) is 32.0 Å². The van der Waals surface area contributed by atoms with Crippen molar-refractivity contribution in [2.75, 3.05) is 39.8 Å². The van der Waals surface area contributed by atoms with E-state index in [1.54, 1.807) is 0 Å². The number of hydrogen-bond donors (Lipinski definition) is 1. The molecule has 1 N–H and O–H groups in total. The smallest absolute Gasteiger partial charge is 0.248 e. The summed E-state index contributed by atoms with van der Waals surface area (Å²) in [5.41, 5.74) is -0.714. The molecule has 2 saturated heterocycles. The predicted octanol–water partition coefficient (Wildman–Crippen LogP) is -0.166. The number of carbonyl (C=O) groups is 2. The molecule has 0 aromatic carbocycles. The average Bonchev–Trinajstić information content (AvgIpc) is 3.26. The Labute approximate surface area is 125 Å². The second-order valence-electron chi connectivity index (χ2n) is 6.78. The number of morpholine rings is 1. The molecular weight excluding hydrogens is 270 g/mol. The zero-order chi connectivity index (χ0) is 15.0. The van der Waals surface area contributed by atoms with Gasteiger partial charge in [0.2, 0.25) is 11.8 Å². The van der Waals surface area contributed by atoms with Gasteiger partial charge in [-0.2, -0.15) is 0 Å². The second-order valence-corrected chi connectivity index (χ2v) is 6.78. The van der Waals surface area contributed by atoms with Crippen molar-refractivity contribution in [2.45, 2.75) is 37.8 Å². The van der Waals surface area contributed by atoms with Crippen LogP contribution in [0.1, 0.15) is 26.2 Å². The van der Waals surface area contributed by atoms with E-state index in [0.717, 1.165) is 25.9 Å². The van der Waals surface area contributed by atoms with Crippen molar-refractivity contribution in [1.82, 2.24) is 15.1 Å². The van der Waals surface area contributed by atoms with Crippen molar-refractivity contribution in [3.8, 4) is 0 Å². The zero-order valence-corrected chi connectivity index (χ0v) is 12.9. The van der Waals surface area contributed by atoms with Gasteiger partial charge in [-0.25, -0.2) is 0 Å². The van der Waals surface area contributed by atoms with E-state index in [4.69, 9.17) is 4.74 Å². The molecule has 2 amide bonds. The predicted molar refractivity (Wildman–Crippen MR) is 77.7 cm³/mol. The van der Waals surface area contributed by atoms with Gasteiger partial charge in [-0.15, -0.1) is 0 Å². The molecule has 6 nitrogen and oxygen atoms in total. The lowest BCUT2D eigenvalue weighted by molar-refractivity contribution is -0.141. The van der Waals surface area contributed by atoms with Gasteiger partial charge in [-0.05, 0) is 32.7 Å². The number of nitrogens with zero attached hydrogens (tertiary/aromatic N) is 2. The average molecular weight is 295 g/mol. The fourth-order valence-corrected chi connectivity index (χ4v) is 3.41. The maximum atomic E-state index is 12.9. The van der Waals surface area contributed by atoms with Crippen LogP contribution in [0.3, 0.4) is 0 Å². The maximum Gasteiger partial charge on any atom is 0.248 e. The third-order valence-corrected chi connectivity index (χ3v) is 4.90. The van der Waals surface area contributed by atoms with E-state index < -0.39 is 5.54 Å². The minimum absolute atomic E-state index is 0.0121. The fourth-order valence-electron chi connectivity index (χ4n) is 3.41. The molecule has 0 radical (unpaired) electrons. The highest BCUT2D eigenvalue weighted by molar-refractivity contribution is 5.93. The topological polar surface area (TPSA) is 61.9 Å². The molecule has 0 bridgehead atoms. The van der Waals surface area contributed by atoms with Crippen molar-refractivity contribution >= 4 is 11.8 Å². The minimum Gasteiger partial charge on any atom is -0.374 e. The highest BCUT2D eigenvalue weighted by atomic mass is 16.5. The molecule has 3 rings (SSSR count). The van der Waals surface area contributed by atoms with Crippen LogP contribution in [-0.2, 0) is 14.3 Å². The lowest BCUT2D eigenvalue weighted by atomic mass is 9.94. The van der Waals surface area contributed by atoms with E-state index in [1.807, 2.05) is 11.8 Å². The van der Waals surface area contributed by atoms with Crippen molar-refractivity contribution in [3.05, 3.63) is 0 Å². The van der Waals surface area contributed by atoms with E-state index in [2.05, 4.69) is 17.3 Å². The first-order valence-electron chi connectivity index (χ1n) is 7.89. The van der Waals surface area contributed by atoms with Gasteiger partial charge in [0.1, 0.15) is 5.54 Å². The summed E-state index contributed by atoms with van der Waals surface area (Å²) in [6.07, 6.45) is 2.48. The molecule has 0 aromatic heterocycles. The summed E-state index contributed by atoms with van der Waals surface area (Å²) >= 11 is 0. The Balaban J connectivity index is 1.71. The molecule has 2 unspecified atom stereocenters. The molecule has 1 saturated carbocycles. The first-order valence-corrected chi connectivity index (χ1v) is 7.89. The summed E-state index contributed by atoms with van der Waals surface area (Å²) in [5.74, 6) is 0.346. The Kier molecular flexibility index (Phi) is 3.92. The third-order valence-electron chi connectivity index (χ3n) is 4.90. The standard InChI is InChI=1S/C15H25N3O3/c1-15(11-3-4-11)14(20)18(6-5-13(19)16-15)10-12-9-17(2)7-8-21-12/h11-12H,3-10H2,1-2H3,(H,16,19). The first-order chi connectivity index (χ1) is 9.99. The molecule has 21 heavy (non-hydrogen) atoms. The van der Waals surface area contributed by atoms with E-state index >= 15 is 0 Å². The largest absolute Gasteiger partial charge is 0.374 e. The molecule has 2 heterocycles. The fraction of sp³-hybridized carbons (Fsp3) is 0.867. The maximum absolute atomic E-state index is 12.9. The molecule has 2 aliphatic heterocycles. The van der Waals surface area contributed by atoms with Crippen molar-refractivity contribution in [2.24, 2.45) is 5.92 Å². The molecular formula is C15H25N3O3.